The van der Waals surface area contributed by atoms with E-state index in [0.29, 0.717) is 13.0 Å². The zero-order chi connectivity index (χ0) is 14.1. The molecule has 0 bridgehead atoms. The fourth-order valence-corrected chi connectivity index (χ4v) is 4.18. The van der Waals surface area contributed by atoms with E-state index in [1.165, 1.54) is 0 Å². The van der Waals surface area contributed by atoms with Gasteiger partial charge in [-0.3, -0.25) is 4.90 Å². The summed E-state index contributed by atoms with van der Waals surface area (Å²) in [5.74, 6) is -1.83. The van der Waals surface area contributed by atoms with E-state index in [4.69, 9.17) is 0 Å². The second-order valence-electron chi connectivity index (χ2n) is 7.44. The van der Waals surface area contributed by atoms with Crippen molar-refractivity contribution >= 4 is 0 Å². The molecule has 4 heteroatoms. The third kappa shape index (κ3) is 1.72. The van der Waals surface area contributed by atoms with Crippen LogP contribution in [0.5, 0.6) is 0 Å². The molecule has 1 heterocycles. The van der Waals surface area contributed by atoms with Crippen molar-refractivity contribution in [2.45, 2.75) is 64.0 Å². The molecule has 3 unspecified atom stereocenters. The molecule has 3 atom stereocenters. The fourth-order valence-electron chi connectivity index (χ4n) is 4.18. The molecule has 110 valence electrons. The van der Waals surface area contributed by atoms with Gasteiger partial charge in [0, 0.05) is 18.4 Å². The maximum Gasteiger partial charge on any atom is 0.184 e. The summed E-state index contributed by atoms with van der Waals surface area (Å²) >= 11 is 0. The van der Waals surface area contributed by atoms with Crippen molar-refractivity contribution in [3.63, 3.8) is 0 Å². The lowest BCUT2D eigenvalue weighted by atomic mass is 9.72. The normalized spacial score (nSPS) is 41.2. The van der Waals surface area contributed by atoms with E-state index in [2.05, 4.69) is 4.90 Å². The first-order chi connectivity index (χ1) is 8.74. The zero-order valence-electron chi connectivity index (χ0n) is 12.2. The third-order valence-electron chi connectivity index (χ3n) is 6.19. The average molecular weight is 271 g/mol. The Balaban J connectivity index is 1.88. The van der Waals surface area contributed by atoms with Crippen LogP contribution in [-0.2, 0) is 0 Å². The Kier molecular flexibility index (Phi) is 2.85. The summed E-state index contributed by atoms with van der Waals surface area (Å²) < 4.78 is 13.2. The van der Waals surface area contributed by atoms with E-state index >= 15 is 0 Å². The van der Waals surface area contributed by atoms with Gasteiger partial charge in [-0.15, -0.1) is 0 Å². The molecule has 2 saturated carbocycles. The first-order valence-electron chi connectivity index (χ1n) is 7.58. The SMILES string of the molecule is CC(C)C(O)(O)C1(C)N(CC2CC2F)CCC12CC2. The topological polar surface area (TPSA) is 43.7 Å². The van der Waals surface area contributed by atoms with Gasteiger partial charge in [-0.25, -0.2) is 4.39 Å². The van der Waals surface area contributed by atoms with Crippen LogP contribution in [0.1, 0.15) is 46.5 Å². The molecule has 0 aromatic carbocycles. The largest absolute Gasteiger partial charge is 0.364 e. The molecule has 3 nitrogen and oxygen atoms in total. The average Bonchev–Trinajstić information content (AvgIpc) is 3.20. The van der Waals surface area contributed by atoms with Crippen LogP contribution in [0.15, 0.2) is 0 Å². The molecule has 3 fully saturated rings. The van der Waals surface area contributed by atoms with Gasteiger partial charge in [0.15, 0.2) is 5.79 Å². The fraction of sp³-hybridized carbons (Fsp3) is 1.00. The van der Waals surface area contributed by atoms with Gasteiger partial charge in [0.05, 0.1) is 5.54 Å². The lowest BCUT2D eigenvalue weighted by Gasteiger charge is -2.50. The van der Waals surface area contributed by atoms with Crippen LogP contribution in [-0.4, -0.2) is 45.7 Å². The van der Waals surface area contributed by atoms with E-state index < -0.39 is 17.5 Å². The molecule has 1 aliphatic heterocycles. The number of halogens is 1. The highest BCUT2D eigenvalue weighted by atomic mass is 19.1. The summed E-state index contributed by atoms with van der Waals surface area (Å²) in [5, 5.41) is 21.4. The quantitative estimate of drug-likeness (QED) is 0.768. The second-order valence-corrected chi connectivity index (χ2v) is 7.44. The number of aliphatic hydroxyl groups is 2. The van der Waals surface area contributed by atoms with Crippen molar-refractivity contribution in [3.05, 3.63) is 0 Å². The van der Waals surface area contributed by atoms with Gasteiger partial charge in [-0.2, -0.15) is 0 Å². The van der Waals surface area contributed by atoms with Crippen LogP contribution in [0, 0.1) is 17.3 Å². The summed E-state index contributed by atoms with van der Waals surface area (Å²) in [7, 11) is 0. The predicted octanol–water partition coefficient (Wildman–Crippen LogP) is 1.93. The Morgan fingerprint density at radius 3 is 2.32 bits per heavy atom. The van der Waals surface area contributed by atoms with Gasteiger partial charge >= 0.3 is 0 Å². The Morgan fingerprint density at radius 2 is 1.89 bits per heavy atom. The number of nitrogens with zero attached hydrogens (tertiary/aromatic N) is 1. The van der Waals surface area contributed by atoms with Crippen molar-refractivity contribution in [1.29, 1.82) is 0 Å². The van der Waals surface area contributed by atoms with Crippen LogP contribution in [0.2, 0.25) is 0 Å². The third-order valence-corrected chi connectivity index (χ3v) is 6.19. The van der Waals surface area contributed by atoms with E-state index in [-0.39, 0.29) is 17.3 Å². The molecular weight excluding hydrogens is 245 g/mol. The molecule has 19 heavy (non-hydrogen) atoms. The van der Waals surface area contributed by atoms with E-state index in [1.807, 2.05) is 20.8 Å². The molecule has 0 aromatic heterocycles. The van der Waals surface area contributed by atoms with E-state index in [0.717, 1.165) is 25.8 Å². The molecule has 0 aromatic rings. The van der Waals surface area contributed by atoms with E-state index in [9.17, 15) is 14.6 Å². The Hall–Kier alpha value is -0.190. The van der Waals surface area contributed by atoms with Crippen molar-refractivity contribution in [1.82, 2.24) is 4.90 Å². The van der Waals surface area contributed by atoms with Crippen LogP contribution >= 0.6 is 0 Å². The lowest BCUT2D eigenvalue weighted by Crippen LogP contribution is -2.66. The molecular formula is C15H26FNO2. The molecule has 1 spiro atoms. The van der Waals surface area contributed by atoms with Crippen LogP contribution in [0.4, 0.5) is 4.39 Å². The highest BCUT2D eigenvalue weighted by Crippen LogP contribution is 2.66. The van der Waals surface area contributed by atoms with Crippen LogP contribution in [0.25, 0.3) is 0 Å². The minimum atomic E-state index is -1.71. The van der Waals surface area contributed by atoms with Crippen LogP contribution < -0.4 is 0 Å². The first-order valence-corrected chi connectivity index (χ1v) is 7.58. The second kappa shape index (κ2) is 3.92. The molecule has 3 aliphatic rings. The van der Waals surface area contributed by atoms with Gasteiger partial charge in [-0.05, 0) is 44.6 Å². The molecule has 2 aliphatic carbocycles. The van der Waals surface area contributed by atoms with Gasteiger partial charge in [0.1, 0.15) is 6.17 Å². The Morgan fingerprint density at radius 1 is 1.32 bits per heavy atom. The number of alkyl halides is 1. The van der Waals surface area contributed by atoms with Gasteiger partial charge < -0.3 is 10.2 Å². The van der Waals surface area contributed by atoms with Crippen molar-refractivity contribution in [2.75, 3.05) is 13.1 Å². The first kappa shape index (κ1) is 13.8. The summed E-state index contributed by atoms with van der Waals surface area (Å²) in [6.45, 7) is 7.24. The number of hydrogen-bond acceptors (Lipinski definition) is 3. The summed E-state index contributed by atoms with van der Waals surface area (Å²) in [6, 6.07) is 0. The highest BCUT2D eigenvalue weighted by Gasteiger charge is 2.71. The predicted molar refractivity (Wildman–Crippen MR) is 71.3 cm³/mol. The standard InChI is InChI=1S/C15H26FNO2/c1-10(2)15(18,19)13(3)14(4-5-14)6-7-17(13)9-11-8-12(11)16/h10-12,18-19H,4-9H2,1-3H3. The van der Waals surface area contributed by atoms with Crippen LogP contribution in [0.3, 0.4) is 0 Å². The van der Waals surface area contributed by atoms with Crippen molar-refractivity contribution < 1.29 is 14.6 Å². The minimum absolute atomic E-state index is 0.0431. The maximum atomic E-state index is 13.2. The highest BCUT2D eigenvalue weighted by molar-refractivity contribution is 5.21. The van der Waals surface area contributed by atoms with Gasteiger partial charge in [-0.1, -0.05) is 13.8 Å². The minimum Gasteiger partial charge on any atom is -0.364 e. The number of rotatable bonds is 4. The summed E-state index contributed by atoms with van der Waals surface area (Å²) in [5.41, 5.74) is -0.585. The van der Waals surface area contributed by atoms with Crippen molar-refractivity contribution in [3.8, 4) is 0 Å². The molecule has 0 amide bonds. The summed E-state index contributed by atoms with van der Waals surface area (Å²) in [4.78, 5) is 2.17. The lowest BCUT2D eigenvalue weighted by molar-refractivity contribution is -0.276. The maximum absolute atomic E-state index is 13.2. The number of likely N-dealkylation sites (tertiary alicyclic amines) is 1. The van der Waals surface area contributed by atoms with Gasteiger partial charge in [0.2, 0.25) is 0 Å². The Bertz CT molecular complexity index is 380. The molecule has 1 saturated heterocycles. The smallest absolute Gasteiger partial charge is 0.184 e. The van der Waals surface area contributed by atoms with Crippen molar-refractivity contribution in [2.24, 2.45) is 17.3 Å². The summed E-state index contributed by atoms with van der Waals surface area (Å²) in [6.07, 6.45) is 3.12. The van der Waals surface area contributed by atoms with Gasteiger partial charge in [0.25, 0.3) is 0 Å². The molecule has 0 radical (unpaired) electrons. The monoisotopic (exact) mass is 271 g/mol. The molecule has 3 rings (SSSR count). The molecule has 2 N–H and O–H groups in total. The Labute approximate surface area is 114 Å². The zero-order valence-corrected chi connectivity index (χ0v) is 12.2. The number of hydrogen-bond donors (Lipinski definition) is 2. The van der Waals surface area contributed by atoms with E-state index in [1.54, 1.807) is 0 Å².